The van der Waals surface area contributed by atoms with E-state index in [0.717, 1.165) is 0 Å². The van der Waals surface area contributed by atoms with Crippen LogP contribution < -0.4 is 0 Å². The molecule has 0 aromatic heterocycles. The van der Waals surface area contributed by atoms with Crippen LogP contribution in [0.2, 0.25) is 0 Å². The predicted molar refractivity (Wildman–Crippen MR) is 38.1 cm³/mol. The summed E-state index contributed by atoms with van der Waals surface area (Å²) in [4.78, 5) is 0. The van der Waals surface area contributed by atoms with E-state index in [1.54, 1.807) is 0 Å². The van der Waals surface area contributed by atoms with Crippen molar-refractivity contribution in [3.05, 3.63) is 36.4 Å². The quantitative estimate of drug-likeness (QED) is 0.682. The van der Waals surface area contributed by atoms with Crippen LogP contribution >= 0.6 is 19.3 Å². The van der Waals surface area contributed by atoms with Crippen LogP contribution in [0.4, 0.5) is 0 Å². The van der Waals surface area contributed by atoms with Crippen molar-refractivity contribution >= 4 is 19.3 Å². The summed E-state index contributed by atoms with van der Waals surface area (Å²) >= 11 is -0.639. The molecule has 3 heteroatoms. The zero-order valence-corrected chi connectivity index (χ0v) is 8.63. The number of rotatable bonds is 0. The summed E-state index contributed by atoms with van der Waals surface area (Å²) in [5.74, 6) is 0. The summed E-state index contributed by atoms with van der Waals surface area (Å²) < 4.78 is 0. The topological polar surface area (TPSA) is 0 Å². The third-order valence-corrected chi connectivity index (χ3v) is 0.667. The second kappa shape index (κ2) is 8.44. The van der Waals surface area contributed by atoms with E-state index in [2.05, 4.69) is 0 Å². The van der Waals surface area contributed by atoms with Gasteiger partial charge in [0, 0.05) is 0 Å². The molecule has 0 saturated heterocycles. The standard InChI is InChI=1S/C6H6.2ClH.Os/c1-2-4-6-5-3-1;;;/h1-6H;2*1H;/q;;;+2/p-2. The smallest absolute Gasteiger partial charge is 0.0623 e. The summed E-state index contributed by atoms with van der Waals surface area (Å²) in [6, 6.07) is 12.0. The molecule has 0 heterocycles. The molecule has 0 aliphatic rings. The van der Waals surface area contributed by atoms with Crippen molar-refractivity contribution in [2.45, 2.75) is 0 Å². The van der Waals surface area contributed by atoms with Crippen LogP contribution in [-0.2, 0) is 15.4 Å². The Balaban J connectivity index is 0.000000187. The summed E-state index contributed by atoms with van der Waals surface area (Å²) in [6.45, 7) is 0. The molecule has 0 nitrogen and oxygen atoms in total. The van der Waals surface area contributed by atoms with E-state index in [-0.39, 0.29) is 0 Å². The van der Waals surface area contributed by atoms with E-state index in [9.17, 15) is 0 Å². The Morgan fingerprint density at radius 2 is 0.778 bits per heavy atom. The molecule has 0 amide bonds. The molecular formula is C6H6Cl2Os. The van der Waals surface area contributed by atoms with Crippen LogP contribution in [-0.4, -0.2) is 0 Å². The maximum Gasteiger partial charge on any atom is -0.0623 e. The van der Waals surface area contributed by atoms with Gasteiger partial charge >= 0.3 is 34.7 Å². The third-order valence-electron chi connectivity index (χ3n) is 0.667. The minimum Gasteiger partial charge on any atom is -0.0623 e. The second-order valence-electron chi connectivity index (χ2n) is 1.21. The Kier molecular flexibility index (Phi) is 8.85. The summed E-state index contributed by atoms with van der Waals surface area (Å²) in [7, 11) is 9.81. The van der Waals surface area contributed by atoms with E-state index >= 15 is 0 Å². The molecule has 0 aliphatic carbocycles. The van der Waals surface area contributed by atoms with Gasteiger partial charge in [-0.05, 0) is 0 Å². The Labute approximate surface area is 71.0 Å². The van der Waals surface area contributed by atoms with Gasteiger partial charge in [-0.15, -0.1) is 0 Å². The Hall–Kier alpha value is 0.436. The van der Waals surface area contributed by atoms with Crippen LogP contribution in [0.15, 0.2) is 36.4 Å². The monoisotopic (exact) mass is 340 g/mol. The van der Waals surface area contributed by atoms with Crippen molar-refractivity contribution in [1.29, 1.82) is 0 Å². The molecule has 0 spiro atoms. The first-order valence-corrected chi connectivity index (χ1v) is 8.56. The Bertz CT molecular complexity index is 93.9. The maximum atomic E-state index is 4.90. The third kappa shape index (κ3) is 8.44. The van der Waals surface area contributed by atoms with Crippen LogP contribution in [0, 0.1) is 0 Å². The molecule has 0 fully saturated rings. The Morgan fingerprint density at radius 3 is 0.889 bits per heavy atom. The molecule has 0 atom stereocenters. The first-order valence-electron chi connectivity index (χ1n) is 2.27. The fraction of sp³-hybridized carbons (Fsp3) is 0. The molecular weight excluding hydrogens is 333 g/mol. The van der Waals surface area contributed by atoms with Crippen molar-refractivity contribution in [2.75, 3.05) is 0 Å². The minimum absolute atomic E-state index is 0.639. The summed E-state index contributed by atoms with van der Waals surface area (Å²) in [5.41, 5.74) is 0. The van der Waals surface area contributed by atoms with E-state index < -0.39 is 15.4 Å². The van der Waals surface area contributed by atoms with Gasteiger partial charge in [-0.3, -0.25) is 0 Å². The van der Waals surface area contributed by atoms with E-state index in [1.807, 2.05) is 36.4 Å². The van der Waals surface area contributed by atoms with Crippen molar-refractivity contribution in [3.8, 4) is 0 Å². The van der Waals surface area contributed by atoms with Gasteiger partial charge < -0.3 is 0 Å². The molecule has 52 valence electrons. The zero-order valence-electron chi connectivity index (χ0n) is 4.57. The van der Waals surface area contributed by atoms with Crippen LogP contribution in [0.5, 0.6) is 0 Å². The molecule has 0 saturated carbocycles. The molecule has 0 N–H and O–H groups in total. The van der Waals surface area contributed by atoms with Gasteiger partial charge in [-0.1, -0.05) is 36.4 Å². The molecule has 0 bridgehead atoms. The number of hydrogen-bond donors (Lipinski definition) is 0. The summed E-state index contributed by atoms with van der Waals surface area (Å²) in [6.07, 6.45) is 0. The second-order valence-corrected chi connectivity index (χ2v) is 4.88. The minimum atomic E-state index is -0.639. The normalized spacial score (nSPS) is 7.78. The molecule has 0 unspecified atom stereocenters. The largest absolute Gasteiger partial charge is 0.0623 e. The van der Waals surface area contributed by atoms with Crippen LogP contribution in [0.25, 0.3) is 0 Å². The molecule has 9 heavy (non-hydrogen) atoms. The van der Waals surface area contributed by atoms with E-state index in [4.69, 9.17) is 19.3 Å². The average molecular weight is 339 g/mol. The fourth-order valence-electron chi connectivity index (χ4n) is 0.385. The predicted octanol–water partition coefficient (Wildman–Crippen LogP) is 3.06. The van der Waals surface area contributed by atoms with Gasteiger partial charge in [-0.2, -0.15) is 0 Å². The van der Waals surface area contributed by atoms with Gasteiger partial charge in [0.05, 0.1) is 0 Å². The van der Waals surface area contributed by atoms with Gasteiger partial charge in [0.25, 0.3) is 0 Å². The van der Waals surface area contributed by atoms with Crippen molar-refractivity contribution < 1.29 is 15.4 Å². The first kappa shape index (κ1) is 9.44. The van der Waals surface area contributed by atoms with Crippen LogP contribution in [0.3, 0.4) is 0 Å². The summed E-state index contributed by atoms with van der Waals surface area (Å²) in [5, 5.41) is 0. The van der Waals surface area contributed by atoms with E-state index in [1.165, 1.54) is 0 Å². The van der Waals surface area contributed by atoms with E-state index in [0.29, 0.717) is 0 Å². The van der Waals surface area contributed by atoms with Gasteiger partial charge in [-0.25, -0.2) is 0 Å². The van der Waals surface area contributed by atoms with Crippen LogP contribution in [0.1, 0.15) is 0 Å². The fourth-order valence-corrected chi connectivity index (χ4v) is 0.385. The SMILES string of the molecule is [Cl][Os][Cl].c1ccccc1. The van der Waals surface area contributed by atoms with Gasteiger partial charge in [0.15, 0.2) is 0 Å². The van der Waals surface area contributed by atoms with Crippen molar-refractivity contribution in [3.63, 3.8) is 0 Å². The molecule has 1 aromatic carbocycles. The zero-order chi connectivity index (χ0) is 6.95. The number of halogens is 2. The number of benzene rings is 1. The van der Waals surface area contributed by atoms with Crippen molar-refractivity contribution in [2.24, 2.45) is 0 Å². The Morgan fingerprint density at radius 1 is 0.667 bits per heavy atom. The first-order chi connectivity index (χ1) is 4.41. The average Bonchev–Trinajstić information content (AvgIpc) is 1.93. The molecule has 1 rings (SSSR count). The van der Waals surface area contributed by atoms with Gasteiger partial charge in [0.2, 0.25) is 0 Å². The van der Waals surface area contributed by atoms with Gasteiger partial charge in [0.1, 0.15) is 0 Å². The van der Waals surface area contributed by atoms with Crippen molar-refractivity contribution in [1.82, 2.24) is 0 Å². The molecule has 1 aromatic rings. The number of hydrogen-bond acceptors (Lipinski definition) is 0. The molecule has 0 aliphatic heterocycles. The molecule has 0 radical (unpaired) electrons. The maximum absolute atomic E-state index is 4.90.